The summed E-state index contributed by atoms with van der Waals surface area (Å²) in [5.74, 6) is 2.38. The molecule has 1 aromatic heterocycles. The molecule has 0 amide bonds. The molecule has 0 bridgehead atoms. The maximum absolute atomic E-state index is 8.81. The molecule has 0 aliphatic heterocycles. The van der Waals surface area contributed by atoms with Gasteiger partial charge in [0.05, 0.1) is 6.20 Å². The van der Waals surface area contributed by atoms with Crippen LogP contribution in [0.1, 0.15) is 12.5 Å². The van der Waals surface area contributed by atoms with Crippen molar-refractivity contribution in [3.63, 3.8) is 0 Å². The van der Waals surface area contributed by atoms with Crippen molar-refractivity contribution in [2.75, 3.05) is 12.4 Å². The summed E-state index contributed by atoms with van der Waals surface area (Å²) in [6.07, 6.45) is 3.91. The summed E-state index contributed by atoms with van der Waals surface area (Å²) in [6.45, 7) is 2.33. The van der Waals surface area contributed by atoms with Crippen molar-refractivity contribution in [1.29, 1.82) is 0 Å². The molecule has 4 heteroatoms. The Morgan fingerprint density at radius 3 is 3.00 bits per heavy atom. The fourth-order valence-electron chi connectivity index (χ4n) is 0.977. The molecule has 1 aromatic rings. The Morgan fingerprint density at radius 2 is 2.46 bits per heavy atom. The number of aromatic nitrogens is 2. The first-order valence-electron chi connectivity index (χ1n) is 4.38. The predicted octanol–water partition coefficient (Wildman–Crippen LogP) is 1.28. The van der Waals surface area contributed by atoms with Crippen LogP contribution in [0.3, 0.4) is 0 Å². The van der Waals surface area contributed by atoms with Crippen molar-refractivity contribution < 1.29 is 5.11 Å². The van der Waals surface area contributed by atoms with Crippen LogP contribution in [0.2, 0.25) is 0 Å². The highest BCUT2D eigenvalue weighted by molar-refractivity contribution is 7.98. The Kier molecular flexibility index (Phi) is 4.32. The smallest absolute Gasteiger partial charge is 0.0530 e. The molecule has 0 fully saturated rings. The molecule has 0 aromatic carbocycles. The predicted molar refractivity (Wildman–Crippen MR) is 55.6 cm³/mol. The Hall–Kier alpha value is -0.480. The van der Waals surface area contributed by atoms with Crippen molar-refractivity contribution in [2.45, 2.75) is 12.7 Å². The summed E-state index contributed by atoms with van der Waals surface area (Å²) < 4.78 is 1.81. The molecule has 1 unspecified atom stereocenters. The minimum Gasteiger partial charge on any atom is -0.396 e. The van der Waals surface area contributed by atoms with Gasteiger partial charge in [-0.1, -0.05) is 6.92 Å². The average Bonchev–Trinajstić information content (AvgIpc) is 2.51. The molecule has 1 N–H and O–H groups in total. The van der Waals surface area contributed by atoms with Crippen LogP contribution in [0, 0.1) is 5.92 Å². The molecule has 1 rings (SSSR count). The number of nitrogens with zero attached hydrogens (tertiary/aromatic N) is 2. The van der Waals surface area contributed by atoms with E-state index >= 15 is 0 Å². The highest BCUT2D eigenvalue weighted by Crippen LogP contribution is 2.14. The lowest BCUT2D eigenvalue weighted by Gasteiger charge is -2.05. The van der Waals surface area contributed by atoms with Gasteiger partial charge in [0.1, 0.15) is 0 Å². The van der Waals surface area contributed by atoms with Crippen LogP contribution in [-0.4, -0.2) is 27.2 Å². The molecule has 1 atom stereocenters. The monoisotopic (exact) mass is 200 g/mol. The zero-order chi connectivity index (χ0) is 9.68. The third-order valence-corrected chi connectivity index (χ3v) is 3.08. The van der Waals surface area contributed by atoms with Gasteiger partial charge in [0.25, 0.3) is 0 Å². The van der Waals surface area contributed by atoms with Gasteiger partial charge in [-0.3, -0.25) is 4.68 Å². The van der Waals surface area contributed by atoms with Gasteiger partial charge < -0.3 is 5.11 Å². The van der Waals surface area contributed by atoms with E-state index in [1.165, 1.54) is 5.56 Å². The highest BCUT2D eigenvalue weighted by atomic mass is 32.2. The quantitative estimate of drug-likeness (QED) is 0.778. The summed E-state index contributed by atoms with van der Waals surface area (Å²) in [6, 6.07) is 0. The van der Waals surface area contributed by atoms with Gasteiger partial charge >= 0.3 is 0 Å². The molecule has 0 aliphatic carbocycles. The maximum atomic E-state index is 8.81. The number of thioether (sulfide) groups is 1. The van der Waals surface area contributed by atoms with Crippen LogP contribution < -0.4 is 0 Å². The molecule has 0 saturated carbocycles. The SMILES string of the molecule is CC(CO)CSCc1cnn(C)c1. The van der Waals surface area contributed by atoms with Gasteiger partial charge in [-0.15, -0.1) is 0 Å². The van der Waals surface area contributed by atoms with E-state index in [0.29, 0.717) is 5.92 Å². The maximum Gasteiger partial charge on any atom is 0.0530 e. The molecule has 0 radical (unpaired) electrons. The molecule has 74 valence electrons. The lowest BCUT2D eigenvalue weighted by molar-refractivity contribution is 0.250. The lowest BCUT2D eigenvalue weighted by atomic mass is 10.2. The summed E-state index contributed by atoms with van der Waals surface area (Å²) >= 11 is 1.84. The first-order valence-corrected chi connectivity index (χ1v) is 5.54. The van der Waals surface area contributed by atoms with Gasteiger partial charge in [-0.2, -0.15) is 16.9 Å². The number of hydrogen-bond acceptors (Lipinski definition) is 3. The van der Waals surface area contributed by atoms with Gasteiger partial charge in [-0.25, -0.2) is 0 Å². The molecule has 0 aliphatic rings. The number of aliphatic hydroxyl groups excluding tert-OH is 1. The molecule has 1 heterocycles. The Balaban J connectivity index is 2.20. The number of rotatable bonds is 5. The van der Waals surface area contributed by atoms with Gasteiger partial charge in [0.2, 0.25) is 0 Å². The van der Waals surface area contributed by atoms with Crippen LogP contribution in [0.15, 0.2) is 12.4 Å². The van der Waals surface area contributed by atoms with Crippen LogP contribution in [-0.2, 0) is 12.8 Å². The van der Waals surface area contributed by atoms with Crippen LogP contribution in [0.4, 0.5) is 0 Å². The number of aliphatic hydroxyl groups is 1. The van der Waals surface area contributed by atoms with E-state index in [2.05, 4.69) is 12.0 Å². The second-order valence-electron chi connectivity index (χ2n) is 3.33. The third kappa shape index (κ3) is 3.83. The van der Waals surface area contributed by atoms with E-state index in [9.17, 15) is 0 Å². The van der Waals surface area contributed by atoms with E-state index in [1.807, 2.05) is 35.9 Å². The molecule has 0 spiro atoms. The van der Waals surface area contributed by atoms with Crippen molar-refractivity contribution in [3.8, 4) is 0 Å². The van der Waals surface area contributed by atoms with Crippen LogP contribution >= 0.6 is 11.8 Å². The van der Waals surface area contributed by atoms with Crippen LogP contribution in [0.25, 0.3) is 0 Å². The largest absolute Gasteiger partial charge is 0.396 e. The zero-order valence-electron chi connectivity index (χ0n) is 8.10. The van der Waals surface area contributed by atoms with E-state index < -0.39 is 0 Å². The normalized spacial score (nSPS) is 13.2. The summed E-state index contributed by atoms with van der Waals surface area (Å²) in [5.41, 5.74) is 1.25. The summed E-state index contributed by atoms with van der Waals surface area (Å²) in [5, 5.41) is 12.9. The van der Waals surface area contributed by atoms with E-state index in [0.717, 1.165) is 11.5 Å². The van der Waals surface area contributed by atoms with Crippen molar-refractivity contribution in [1.82, 2.24) is 9.78 Å². The molecule has 0 saturated heterocycles. The second-order valence-corrected chi connectivity index (χ2v) is 4.36. The fourth-order valence-corrected chi connectivity index (χ4v) is 1.99. The molecule has 3 nitrogen and oxygen atoms in total. The Bertz CT molecular complexity index is 250. The van der Waals surface area contributed by atoms with E-state index in [1.54, 1.807) is 0 Å². The lowest BCUT2D eigenvalue weighted by Crippen LogP contribution is -2.03. The first-order chi connectivity index (χ1) is 6.22. The van der Waals surface area contributed by atoms with Crippen molar-refractivity contribution in [2.24, 2.45) is 13.0 Å². The molecular weight excluding hydrogens is 184 g/mol. The standard InChI is InChI=1S/C9H16N2OS/c1-8(5-12)6-13-7-9-3-10-11(2)4-9/h3-4,8,12H,5-7H2,1-2H3. The average molecular weight is 200 g/mol. The minimum atomic E-state index is 0.278. The van der Waals surface area contributed by atoms with Crippen molar-refractivity contribution >= 4 is 11.8 Å². The van der Waals surface area contributed by atoms with Gasteiger partial charge in [-0.05, 0) is 17.2 Å². The Labute approximate surface area is 83.1 Å². The summed E-state index contributed by atoms with van der Waals surface area (Å²) in [4.78, 5) is 0. The number of hydrogen-bond donors (Lipinski definition) is 1. The second kappa shape index (κ2) is 5.29. The Morgan fingerprint density at radius 1 is 1.69 bits per heavy atom. The van der Waals surface area contributed by atoms with E-state index in [-0.39, 0.29) is 6.61 Å². The van der Waals surface area contributed by atoms with Gasteiger partial charge in [0, 0.05) is 25.6 Å². The van der Waals surface area contributed by atoms with E-state index in [4.69, 9.17) is 5.11 Å². The highest BCUT2D eigenvalue weighted by Gasteiger charge is 2.01. The minimum absolute atomic E-state index is 0.278. The first kappa shape index (κ1) is 10.6. The number of aryl methyl sites for hydroxylation is 1. The zero-order valence-corrected chi connectivity index (χ0v) is 8.92. The molecular formula is C9H16N2OS. The molecule has 13 heavy (non-hydrogen) atoms. The van der Waals surface area contributed by atoms with Crippen LogP contribution in [0.5, 0.6) is 0 Å². The van der Waals surface area contributed by atoms with Crippen molar-refractivity contribution in [3.05, 3.63) is 18.0 Å². The fraction of sp³-hybridized carbons (Fsp3) is 0.667. The third-order valence-electron chi connectivity index (χ3n) is 1.74. The topological polar surface area (TPSA) is 38.1 Å². The van der Waals surface area contributed by atoms with Gasteiger partial charge in [0.15, 0.2) is 0 Å². The summed E-state index contributed by atoms with van der Waals surface area (Å²) in [7, 11) is 1.92.